The molecule has 8 heterocycles. The number of amides is 4. The molecule has 16 heteroatoms. The number of carbonyl (C=O) groups excluding carboxylic acids is 4. The summed E-state index contributed by atoms with van der Waals surface area (Å²) in [5, 5.41) is 6.32. The minimum atomic E-state index is -0.782. The Kier molecular flexibility index (Phi) is 13.3. The SMILES string of the molecule is CNc1ccn(-c2ccnc3c2cc([C@H](C)N2CC=C(c4c(C)cc(C(=O)N5CCC(CN6CCN(Cc7ccc8c(c7)C(C)(C)C(=O)N8[C@H]7CCC(=O)NC7=O)C[C@@H]6C)CC5)cc4F)CC2)n3C)c(=O)c1. The molecule has 4 amide bonds. The number of nitrogens with one attached hydrogen (secondary N) is 2. The van der Waals surface area contributed by atoms with Crippen LogP contribution in [0.15, 0.2) is 77.9 Å². The van der Waals surface area contributed by atoms with Gasteiger partial charge in [0.15, 0.2) is 0 Å². The van der Waals surface area contributed by atoms with Crippen molar-refractivity contribution in [2.45, 2.75) is 96.8 Å². The second-order valence-corrected chi connectivity index (χ2v) is 21.3. The molecule has 2 N–H and O–H groups in total. The molecular weight excluding hydrogens is 912 g/mol. The van der Waals surface area contributed by atoms with E-state index in [4.69, 9.17) is 0 Å². The number of likely N-dealkylation sites (tertiary alicyclic amines) is 1. The molecule has 3 atom stereocenters. The van der Waals surface area contributed by atoms with Crippen molar-refractivity contribution in [2.24, 2.45) is 13.0 Å². The van der Waals surface area contributed by atoms with E-state index in [0.29, 0.717) is 55.6 Å². The first-order valence-corrected chi connectivity index (χ1v) is 25.7. The van der Waals surface area contributed by atoms with E-state index in [1.54, 1.807) is 35.0 Å². The van der Waals surface area contributed by atoms with Gasteiger partial charge >= 0.3 is 0 Å². The summed E-state index contributed by atoms with van der Waals surface area (Å²) in [6, 6.07) is 16.6. The van der Waals surface area contributed by atoms with Gasteiger partial charge in [-0.05, 0) is 125 Å². The summed E-state index contributed by atoms with van der Waals surface area (Å²) in [6.07, 6.45) is 8.65. The van der Waals surface area contributed by atoms with E-state index in [0.717, 1.165) is 108 Å². The van der Waals surface area contributed by atoms with Gasteiger partial charge < -0.3 is 14.8 Å². The van der Waals surface area contributed by atoms with Gasteiger partial charge in [0, 0.05) is 144 Å². The van der Waals surface area contributed by atoms with Crippen molar-refractivity contribution in [2.75, 3.05) is 69.6 Å². The first-order valence-electron chi connectivity index (χ1n) is 25.7. The van der Waals surface area contributed by atoms with E-state index >= 15 is 4.39 Å². The number of pyridine rings is 2. The molecule has 5 aliphatic rings. The van der Waals surface area contributed by atoms with Crippen molar-refractivity contribution < 1.29 is 23.6 Å². The number of aromatic nitrogens is 3. The first-order chi connectivity index (χ1) is 34.5. The highest BCUT2D eigenvalue weighted by Crippen LogP contribution is 2.44. The van der Waals surface area contributed by atoms with Crippen molar-refractivity contribution in [1.29, 1.82) is 0 Å². The zero-order chi connectivity index (χ0) is 50.7. The quantitative estimate of drug-likeness (QED) is 0.140. The van der Waals surface area contributed by atoms with Gasteiger partial charge in [-0.15, -0.1) is 0 Å². The molecular formula is C56H67FN10O5. The number of benzene rings is 2. The first kappa shape index (κ1) is 49.1. The van der Waals surface area contributed by atoms with Crippen LogP contribution in [-0.4, -0.2) is 129 Å². The summed E-state index contributed by atoms with van der Waals surface area (Å²) in [6.45, 7) is 17.4. The third-order valence-corrected chi connectivity index (χ3v) is 16.4. The Labute approximate surface area is 420 Å². The number of anilines is 2. The second kappa shape index (κ2) is 19.5. The number of nitrogens with zero attached hydrogens (tertiary/aromatic N) is 8. The summed E-state index contributed by atoms with van der Waals surface area (Å²) in [7, 11) is 3.79. The van der Waals surface area contributed by atoms with Gasteiger partial charge in [-0.25, -0.2) is 9.37 Å². The molecule has 2 aromatic carbocycles. The standard InChI is InChI=1S/C56H67FN10O5/c1-34-26-40(28-44(57)51(34)39-15-21-63(22-16-39)36(3)48-30-42-45(12-18-59-52(42)61(48)7)66-23-17-41(58-6)29-50(66)69)54(71)64-19-13-37(14-20-64)33-65-25-24-62(31-35(65)2)32-38-8-9-46-43(27-38)56(4,5)55(72)67(46)47-10-11-49(68)60-53(47)70/h8-9,12,15,17-18,23,26-30,35-37,47,58H,10-11,13-14,16,19-22,24-25,31-33H2,1-7H3,(H,60,68,70)/t35-,36-,47-/m0/s1. The van der Waals surface area contributed by atoms with Crippen LogP contribution in [0, 0.1) is 18.7 Å². The molecule has 10 rings (SSSR count). The van der Waals surface area contributed by atoms with E-state index in [1.165, 1.54) is 6.07 Å². The lowest BCUT2D eigenvalue weighted by Gasteiger charge is -2.42. The Morgan fingerprint density at radius 3 is 2.43 bits per heavy atom. The molecule has 15 nitrogen and oxygen atoms in total. The van der Waals surface area contributed by atoms with Crippen LogP contribution < -0.4 is 21.1 Å². The topological polar surface area (TPSA) is 148 Å². The third kappa shape index (κ3) is 9.06. The fraction of sp³-hybridized carbons (Fsp3) is 0.464. The number of fused-ring (bicyclic) bond motifs is 2. The molecule has 3 aromatic heterocycles. The smallest absolute Gasteiger partial charge is 0.257 e. The number of aryl methyl sites for hydroxylation is 2. The Balaban J connectivity index is 0.716. The molecule has 5 aromatic rings. The predicted molar refractivity (Wildman–Crippen MR) is 278 cm³/mol. The minimum Gasteiger partial charge on any atom is -0.388 e. The lowest BCUT2D eigenvalue weighted by atomic mass is 9.85. The molecule has 0 bridgehead atoms. The Morgan fingerprint density at radius 1 is 0.944 bits per heavy atom. The number of piperidine rings is 2. The monoisotopic (exact) mass is 979 g/mol. The minimum absolute atomic E-state index is 0.0302. The number of hydrogen-bond acceptors (Lipinski definition) is 10. The summed E-state index contributed by atoms with van der Waals surface area (Å²) in [5.74, 6) is -0.831. The van der Waals surface area contributed by atoms with Crippen molar-refractivity contribution in [3.8, 4) is 5.69 Å². The van der Waals surface area contributed by atoms with Crippen LogP contribution >= 0.6 is 0 Å². The summed E-state index contributed by atoms with van der Waals surface area (Å²) in [5.41, 5.74) is 8.00. The molecule has 3 saturated heterocycles. The van der Waals surface area contributed by atoms with Crippen molar-refractivity contribution in [1.82, 2.24) is 39.0 Å². The van der Waals surface area contributed by atoms with Crippen LogP contribution in [0.3, 0.4) is 0 Å². The second-order valence-electron chi connectivity index (χ2n) is 21.3. The fourth-order valence-electron chi connectivity index (χ4n) is 12.1. The average Bonchev–Trinajstić information content (AvgIpc) is 3.80. The molecule has 5 aliphatic heterocycles. The highest BCUT2D eigenvalue weighted by Gasteiger charge is 2.49. The van der Waals surface area contributed by atoms with Gasteiger partial charge in [-0.1, -0.05) is 18.2 Å². The fourth-order valence-corrected chi connectivity index (χ4v) is 12.1. The Hall–Kier alpha value is -6.49. The Morgan fingerprint density at radius 2 is 1.74 bits per heavy atom. The zero-order valence-electron chi connectivity index (χ0n) is 42.6. The number of imide groups is 1. The van der Waals surface area contributed by atoms with E-state index in [-0.39, 0.29) is 41.6 Å². The number of hydrogen-bond donors (Lipinski definition) is 2. The molecule has 0 radical (unpaired) electrons. The molecule has 0 unspecified atom stereocenters. The largest absolute Gasteiger partial charge is 0.388 e. The summed E-state index contributed by atoms with van der Waals surface area (Å²) in [4.78, 5) is 80.8. The van der Waals surface area contributed by atoms with E-state index in [1.807, 2.05) is 57.0 Å². The van der Waals surface area contributed by atoms with Crippen LogP contribution in [-0.2, 0) is 33.4 Å². The molecule has 3 fully saturated rings. The summed E-state index contributed by atoms with van der Waals surface area (Å²) < 4.78 is 19.9. The summed E-state index contributed by atoms with van der Waals surface area (Å²) >= 11 is 0. The van der Waals surface area contributed by atoms with Crippen LogP contribution in [0.5, 0.6) is 0 Å². The van der Waals surface area contributed by atoms with Gasteiger partial charge in [0.05, 0.1) is 11.1 Å². The molecule has 0 aliphatic carbocycles. The molecule has 378 valence electrons. The van der Waals surface area contributed by atoms with Crippen LogP contribution in [0.25, 0.3) is 22.3 Å². The lowest BCUT2D eigenvalue weighted by Crippen LogP contribution is -2.55. The van der Waals surface area contributed by atoms with Crippen molar-refractivity contribution in [3.63, 3.8) is 0 Å². The number of carbonyl (C=O) groups is 4. The number of halogens is 1. The van der Waals surface area contributed by atoms with Crippen molar-refractivity contribution >= 4 is 51.6 Å². The van der Waals surface area contributed by atoms with Gasteiger partial charge in [-0.3, -0.25) is 53.5 Å². The number of rotatable bonds is 11. The maximum absolute atomic E-state index is 16.2. The predicted octanol–water partition coefficient (Wildman–Crippen LogP) is 6.55. The average molecular weight is 979 g/mol. The van der Waals surface area contributed by atoms with Crippen molar-refractivity contribution in [3.05, 3.63) is 123 Å². The number of piperazine rings is 1. The highest BCUT2D eigenvalue weighted by molar-refractivity contribution is 6.13. The van der Waals surface area contributed by atoms with Gasteiger partial charge in [0.25, 0.3) is 11.5 Å². The normalized spacial score (nSPS) is 21.8. The highest BCUT2D eigenvalue weighted by atomic mass is 19.1. The van der Waals surface area contributed by atoms with E-state index in [9.17, 15) is 24.0 Å². The zero-order valence-corrected chi connectivity index (χ0v) is 42.6. The van der Waals surface area contributed by atoms with Gasteiger partial charge in [0.2, 0.25) is 17.7 Å². The molecule has 0 spiro atoms. The van der Waals surface area contributed by atoms with E-state index in [2.05, 4.69) is 73.0 Å². The third-order valence-electron chi connectivity index (χ3n) is 16.4. The van der Waals surface area contributed by atoms with Gasteiger partial charge in [0.1, 0.15) is 17.5 Å². The Bertz CT molecular complexity index is 3050. The van der Waals surface area contributed by atoms with Gasteiger partial charge in [-0.2, -0.15) is 0 Å². The van der Waals surface area contributed by atoms with Crippen LogP contribution in [0.4, 0.5) is 15.8 Å². The van der Waals surface area contributed by atoms with Crippen LogP contribution in [0.2, 0.25) is 0 Å². The maximum Gasteiger partial charge on any atom is 0.257 e. The maximum atomic E-state index is 16.2. The van der Waals surface area contributed by atoms with Crippen LogP contribution in [0.1, 0.15) is 104 Å². The molecule has 0 saturated carbocycles. The lowest BCUT2D eigenvalue weighted by molar-refractivity contribution is -0.136. The van der Waals surface area contributed by atoms with E-state index < -0.39 is 17.4 Å². The molecule has 72 heavy (non-hydrogen) atoms.